The maximum atomic E-state index is 4.83. The molecule has 0 radical (unpaired) electrons. The van der Waals surface area contributed by atoms with Crippen LogP contribution in [0.4, 0.5) is 0 Å². The van der Waals surface area contributed by atoms with Gasteiger partial charge in [0.05, 0.1) is 11.2 Å². The fourth-order valence-corrected chi connectivity index (χ4v) is 6.28. The van der Waals surface area contributed by atoms with Crippen LogP contribution in [0.5, 0.6) is 0 Å². The zero-order chi connectivity index (χ0) is 24.0. The highest BCUT2D eigenvalue weighted by atomic mass is 14.7. The molecule has 7 aromatic rings. The molecule has 8 rings (SSSR count). The summed E-state index contributed by atoms with van der Waals surface area (Å²) in [5, 5.41) is 8.92. The molecule has 2 nitrogen and oxygen atoms in total. The monoisotopic (exact) mass is 458 g/mol. The van der Waals surface area contributed by atoms with Gasteiger partial charge < -0.3 is 0 Å². The summed E-state index contributed by atoms with van der Waals surface area (Å²) in [6.45, 7) is 4.38. The second-order valence-corrected chi connectivity index (χ2v) is 9.95. The fourth-order valence-electron chi connectivity index (χ4n) is 6.28. The lowest BCUT2D eigenvalue weighted by Crippen LogP contribution is -1.90. The number of hydrogen-bond donors (Lipinski definition) is 0. The summed E-state index contributed by atoms with van der Waals surface area (Å²) in [7, 11) is 0. The largest absolute Gasteiger partial charge is 0.256 e. The van der Waals surface area contributed by atoms with Crippen LogP contribution in [0.2, 0.25) is 0 Å². The summed E-state index contributed by atoms with van der Waals surface area (Å²) < 4.78 is 0. The van der Waals surface area contributed by atoms with Gasteiger partial charge in [0.1, 0.15) is 0 Å². The minimum atomic E-state index is 1.02. The first-order chi connectivity index (χ1) is 17.7. The second-order valence-electron chi connectivity index (χ2n) is 9.95. The van der Waals surface area contributed by atoms with Crippen LogP contribution >= 0.6 is 0 Å². The number of pyridine rings is 2. The quantitative estimate of drug-likeness (QED) is 0.229. The van der Waals surface area contributed by atoms with Crippen molar-refractivity contribution in [2.45, 2.75) is 13.8 Å². The average molecular weight is 459 g/mol. The molecule has 0 fully saturated rings. The third-order valence-electron chi connectivity index (χ3n) is 7.86. The molecular weight excluding hydrogens is 436 g/mol. The zero-order valence-corrected chi connectivity index (χ0v) is 20.1. The van der Waals surface area contributed by atoms with E-state index in [4.69, 9.17) is 4.98 Å². The van der Waals surface area contributed by atoms with Crippen molar-refractivity contribution in [1.29, 1.82) is 0 Å². The number of nitrogens with zero attached hydrogens (tertiary/aromatic N) is 2. The zero-order valence-electron chi connectivity index (χ0n) is 20.1. The molecule has 5 aromatic carbocycles. The van der Waals surface area contributed by atoms with Crippen LogP contribution in [0.3, 0.4) is 0 Å². The molecule has 1 aliphatic carbocycles. The SMILES string of the molecule is Cc1ccc2c(c1)c(-c1cccc3ncccc13)cc1c3ccc(C)c4c3c(cc21)-c1ncccc1-4. The van der Waals surface area contributed by atoms with E-state index >= 15 is 0 Å². The third-order valence-corrected chi connectivity index (χ3v) is 7.86. The second kappa shape index (κ2) is 6.99. The van der Waals surface area contributed by atoms with Gasteiger partial charge >= 0.3 is 0 Å². The molecule has 0 spiro atoms. The van der Waals surface area contributed by atoms with Gasteiger partial charge in [-0.15, -0.1) is 0 Å². The smallest absolute Gasteiger partial charge is 0.0787 e. The molecule has 0 N–H and O–H groups in total. The summed E-state index contributed by atoms with van der Waals surface area (Å²) in [4.78, 5) is 9.47. The van der Waals surface area contributed by atoms with E-state index in [1.165, 1.54) is 76.6 Å². The van der Waals surface area contributed by atoms with Crippen LogP contribution in [-0.4, -0.2) is 9.97 Å². The fraction of sp³-hybridized carbons (Fsp3) is 0.0588. The van der Waals surface area contributed by atoms with Gasteiger partial charge in [-0.2, -0.15) is 0 Å². The lowest BCUT2D eigenvalue weighted by Gasteiger charge is -2.16. The molecule has 0 atom stereocenters. The Hall–Kier alpha value is -4.56. The van der Waals surface area contributed by atoms with Crippen molar-refractivity contribution in [3.8, 4) is 33.5 Å². The molecule has 2 aromatic heterocycles. The highest BCUT2D eigenvalue weighted by molar-refractivity contribution is 6.29. The Bertz CT molecular complexity index is 2060. The number of rotatable bonds is 1. The number of benzene rings is 5. The predicted octanol–water partition coefficient (Wildman–Crippen LogP) is 9.02. The van der Waals surface area contributed by atoms with Crippen molar-refractivity contribution < 1.29 is 0 Å². The molecule has 36 heavy (non-hydrogen) atoms. The summed E-state index contributed by atoms with van der Waals surface area (Å²) in [6, 6.07) is 31.1. The molecule has 0 amide bonds. The Morgan fingerprint density at radius 3 is 2.22 bits per heavy atom. The Balaban J connectivity index is 1.60. The van der Waals surface area contributed by atoms with Gasteiger partial charge in [-0.1, -0.05) is 60.2 Å². The molecular formula is C34H22N2. The predicted molar refractivity (Wildman–Crippen MR) is 151 cm³/mol. The minimum Gasteiger partial charge on any atom is -0.256 e. The summed E-state index contributed by atoms with van der Waals surface area (Å²) in [5.74, 6) is 0. The lowest BCUT2D eigenvalue weighted by atomic mass is 9.87. The minimum absolute atomic E-state index is 1.02. The van der Waals surface area contributed by atoms with E-state index in [-0.39, 0.29) is 0 Å². The third kappa shape index (κ3) is 2.51. The molecule has 0 aliphatic heterocycles. The van der Waals surface area contributed by atoms with Crippen molar-refractivity contribution in [1.82, 2.24) is 9.97 Å². The Morgan fingerprint density at radius 1 is 0.500 bits per heavy atom. The van der Waals surface area contributed by atoms with E-state index < -0.39 is 0 Å². The van der Waals surface area contributed by atoms with Crippen LogP contribution in [0.25, 0.3) is 76.7 Å². The average Bonchev–Trinajstić information content (AvgIpc) is 3.25. The van der Waals surface area contributed by atoms with Crippen molar-refractivity contribution in [3.63, 3.8) is 0 Å². The lowest BCUT2D eigenvalue weighted by molar-refractivity contribution is 1.34. The van der Waals surface area contributed by atoms with Crippen LogP contribution in [0.1, 0.15) is 11.1 Å². The van der Waals surface area contributed by atoms with Crippen LogP contribution in [0.15, 0.2) is 97.3 Å². The van der Waals surface area contributed by atoms with E-state index in [2.05, 4.69) is 91.6 Å². The molecule has 2 heteroatoms. The summed E-state index contributed by atoms with van der Waals surface area (Å²) >= 11 is 0. The first-order valence-electron chi connectivity index (χ1n) is 12.4. The Morgan fingerprint density at radius 2 is 1.28 bits per heavy atom. The van der Waals surface area contributed by atoms with E-state index in [1.807, 2.05) is 24.5 Å². The van der Waals surface area contributed by atoms with Gasteiger partial charge in [-0.05, 0) is 98.8 Å². The highest BCUT2D eigenvalue weighted by Crippen LogP contribution is 2.51. The summed E-state index contributed by atoms with van der Waals surface area (Å²) in [6.07, 6.45) is 3.78. The maximum absolute atomic E-state index is 4.83. The van der Waals surface area contributed by atoms with Gasteiger partial charge in [-0.3, -0.25) is 9.97 Å². The van der Waals surface area contributed by atoms with E-state index in [0.717, 1.165) is 11.2 Å². The molecule has 1 aliphatic rings. The van der Waals surface area contributed by atoms with Gasteiger partial charge in [0, 0.05) is 28.9 Å². The Labute approximate surface area is 208 Å². The highest BCUT2D eigenvalue weighted by Gasteiger charge is 2.26. The number of aromatic nitrogens is 2. The first kappa shape index (κ1) is 19.7. The first-order valence-corrected chi connectivity index (χ1v) is 12.4. The van der Waals surface area contributed by atoms with E-state index in [1.54, 1.807) is 0 Å². The molecule has 0 saturated carbocycles. The van der Waals surface area contributed by atoms with Gasteiger partial charge in [-0.25, -0.2) is 0 Å². The number of fused-ring (bicyclic) bond motifs is 8. The number of hydrogen-bond acceptors (Lipinski definition) is 2. The van der Waals surface area contributed by atoms with Crippen LogP contribution < -0.4 is 0 Å². The topological polar surface area (TPSA) is 25.8 Å². The van der Waals surface area contributed by atoms with Crippen LogP contribution in [0, 0.1) is 13.8 Å². The van der Waals surface area contributed by atoms with E-state index in [9.17, 15) is 0 Å². The van der Waals surface area contributed by atoms with Crippen molar-refractivity contribution in [3.05, 3.63) is 108 Å². The van der Waals surface area contributed by atoms with Crippen molar-refractivity contribution in [2.24, 2.45) is 0 Å². The molecule has 0 saturated heterocycles. The Kier molecular flexibility index (Phi) is 3.83. The standard InChI is InChI=1S/C34H22N2/c1-19-10-12-22-26(16-19)27(21-6-3-9-31-23(21)7-4-14-35-31)17-29-24-13-11-20(2)32-25-8-5-15-36-34(25)30(33(24)32)18-28(22)29/h3-18H,1-2H3. The normalized spacial score (nSPS) is 12.2. The van der Waals surface area contributed by atoms with Gasteiger partial charge in [0.2, 0.25) is 0 Å². The molecule has 168 valence electrons. The maximum Gasteiger partial charge on any atom is 0.0787 e. The molecule has 0 unspecified atom stereocenters. The van der Waals surface area contributed by atoms with Crippen molar-refractivity contribution in [2.75, 3.05) is 0 Å². The van der Waals surface area contributed by atoms with E-state index in [0.29, 0.717) is 0 Å². The number of aryl methyl sites for hydroxylation is 2. The summed E-state index contributed by atoms with van der Waals surface area (Å²) in [5.41, 5.74) is 11.0. The van der Waals surface area contributed by atoms with Crippen molar-refractivity contribution >= 4 is 43.2 Å². The van der Waals surface area contributed by atoms with Gasteiger partial charge in [0.25, 0.3) is 0 Å². The molecule has 2 heterocycles. The molecule has 0 bridgehead atoms. The van der Waals surface area contributed by atoms with Crippen LogP contribution in [-0.2, 0) is 0 Å². The van der Waals surface area contributed by atoms with Gasteiger partial charge in [0.15, 0.2) is 0 Å².